The van der Waals surface area contributed by atoms with Gasteiger partial charge in [0, 0.05) is 6.54 Å². The zero-order valence-electron chi connectivity index (χ0n) is 10.2. The normalized spacial score (nSPS) is 12.5. The topological polar surface area (TPSA) is 12.5 Å². The van der Waals surface area contributed by atoms with Crippen LogP contribution < -0.4 is 5.06 Å². The van der Waals surface area contributed by atoms with Crippen molar-refractivity contribution in [3.05, 3.63) is 29.8 Å². The fraction of sp³-hybridized carbons (Fsp3) is 0.538. The Morgan fingerprint density at radius 3 is 2.27 bits per heavy atom. The molecule has 1 atom stereocenters. The Kier molecular flexibility index (Phi) is 4.63. The third-order valence-corrected chi connectivity index (χ3v) is 2.49. The number of nitrogens with zero attached hydrogens (tertiary/aromatic N) is 1. The van der Waals surface area contributed by atoms with E-state index in [-0.39, 0.29) is 6.10 Å². The van der Waals surface area contributed by atoms with Crippen LogP contribution in [0.3, 0.4) is 0 Å². The molecule has 1 rings (SSSR count). The minimum atomic E-state index is 0.270. The number of hydroxylamine groups is 1. The van der Waals surface area contributed by atoms with Gasteiger partial charge in [0.25, 0.3) is 0 Å². The molecule has 0 unspecified atom stereocenters. The van der Waals surface area contributed by atoms with Crippen LogP contribution in [0.1, 0.15) is 32.8 Å². The molecule has 0 radical (unpaired) electrons. The Hall–Kier alpha value is -1.02. The molecule has 0 saturated carbocycles. The van der Waals surface area contributed by atoms with Gasteiger partial charge in [-0.25, -0.2) is 0 Å². The monoisotopic (exact) mass is 207 g/mol. The molecular formula is C13H21NO. The molecule has 0 aliphatic heterocycles. The van der Waals surface area contributed by atoms with Crippen LogP contribution in [0.25, 0.3) is 0 Å². The lowest BCUT2D eigenvalue weighted by Gasteiger charge is -2.25. The van der Waals surface area contributed by atoms with E-state index < -0.39 is 0 Å². The van der Waals surface area contributed by atoms with Crippen molar-refractivity contribution in [1.82, 2.24) is 0 Å². The molecule has 0 heterocycles. The van der Waals surface area contributed by atoms with E-state index in [0.29, 0.717) is 0 Å². The maximum Gasteiger partial charge on any atom is 0.0826 e. The van der Waals surface area contributed by atoms with Gasteiger partial charge in [-0.05, 0) is 39.3 Å². The summed E-state index contributed by atoms with van der Waals surface area (Å²) in [6.07, 6.45) is 1.30. The lowest BCUT2D eigenvalue weighted by Crippen LogP contribution is -2.27. The summed E-state index contributed by atoms with van der Waals surface area (Å²) in [5, 5.41) is 1.95. The number of benzene rings is 1. The maximum atomic E-state index is 5.81. The average molecular weight is 207 g/mol. The Bertz CT molecular complexity index is 281. The molecule has 1 aromatic rings. The lowest BCUT2D eigenvalue weighted by atomic mass is 10.2. The van der Waals surface area contributed by atoms with Gasteiger partial charge in [-0.3, -0.25) is 9.90 Å². The van der Waals surface area contributed by atoms with Gasteiger partial charge in [0.2, 0.25) is 0 Å². The molecule has 0 N–H and O–H groups in total. The van der Waals surface area contributed by atoms with Gasteiger partial charge < -0.3 is 0 Å². The van der Waals surface area contributed by atoms with Gasteiger partial charge in [0.05, 0.1) is 11.8 Å². The minimum absolute atomic E-state index is 0.270. The fourth-order valence-electron chi connectivity index (χ4n) is 1.32. The molecule has 15 heavy (non-hydrogen) atoms. The molecule has 0 amide bonds. The van der Waals surface area contributed by atoms with Crippen molar-refractivity contribution in [2.24, 2.45) is 0 Å². The van der Waals surface area contributed by atoms with E-state index in [0.717, 1.165) is 18.7 Å². The predicted octanol–water partition coefficient (Wildman–Crippen LogP) is 3.55. The second kappa shape index (κ2) is 5.76. The molecule has 2 heteroatoms. The fourth-order valence-corrected chi connectivity index (χ4v) is 1.32. The molecule has 2 nitrogen and oxygen atoms in total. The third kappa shape index (κ3) is 3.56. The first-order valence-corrected chi connectivity index (χ1v) is 5.68. The Morgan fingerprint density at radius 2 is 1.80 bits per heavy atom. The van der Waals surface area contributed by atoms with Crippen molar-refractivity contribution >= 4 is 5.69 Å². The van der Waals surface area contributed by atoms with E-state index in [9.17, 15) is 0 Å². The van der Waals surface area contributed by atoms with Gasteiger partial charge in [-0.1, -0.05) is 24.6 Å². The highest BCUT2D eigenvalue weighted by Gasteiger charge is 2.08. The van der Waals surface area contributed by atoms with Crippen LogP contribution >= 0.6 is 0 Å². The largest absolute Gasteiger partial charge is 0.270 e. The summed E-state index contributed by atoms with van der Waals surface area (Å²) >= 11 is 0. The molecular weight excluding hydrogens is 186 g/mol. The first kappa shape index (κ1) is 12.1. The summed E-state index contributed by atoms with van der Waals surface area (Å²) in [5.41, 5.74) is 2.40. The summed E-state index contributed by atoms with van der Waals surface area (Å²) < 4.78 is 0. The highest BCUT2D eigenvalue weighted by atomic mass is 16.7. The number of aryl methyl sites for hydroxylation is 1. The minimum Gasteiger partial charge on any atom is -0.270 e. The van der Waals surface area contributed by atoms with E-state index >= 15 is 0 Å². The van der Waals surface area contributed by atoms with Crippen LogP contribution in [0.5, 0.6) is 0 Å². The number of hydrogen-bond acceptors (Lipinski definition) is 2. The average Bonchev–Trinajstić information content (AvgIpc) is 2.27. The Labute approximate surface area is 92.8 Å². The number of anilines is 1. The van der Waals surface area contributed by atoms with Gasteiger partial charge >= 0.3 is 0 Å². The van der Waals surface area contributed by atoms with Crippen molar-refractivity contribution < 1.29 is 4.84 Å². The quantitative estimate of drug-likeness (QED) is 0.685. The number of hydrogen-bond donors (Lipinski definition) is 0. The maximum absolute atomic E-state index is 5.81. The van der Waals surface area contributed by atoms with Crippen LogP contribution in [0.15, 0.2) is 24.3 Å². The molecule has 0 aliphatic rings. The Morgan fingerprint density at radius 1 is 1.20 bits per heavy atom. The first-order valence-electron chi connectivity index (χ1n) is 5.68. The summed E-state index contributed by atoms with van der Waals surface area (Å²) in [4.78, 5) is 5.81. The van der Waals surface area contributed by atoms with Gasteiger partial charge in [-0.15, -0.1) is 0 Å². The van der Waals surface area contributed by atoms with E-state index in [4.69, 9.17) is 4.84 Å². The molecule has 0 aromatic heterocycles. The lowest BCUT2D eigenvalue weighted by molar-refractivity contribution is 0.0440. The summed E-state index contributed by atoms with van der Waals surface area (Å²) in [7, 11) is 0. The van der Waals surface area contributed by atoms with Crippen molar-refractivity contribution in [2.45, 2.75) is 40.2 Å². The van der Waals surface area contributed by atoms with Gasteiger partial charge in [-0.2, -0.15) is 0 Å². The molecule has 0 aliphatic carbocycles. The van der Waals surface area contributed by atoms with Gasteiger partial charge in [0.15, 0.2) is 0 Å². The van der Waals surface area contributed by atoms with Crippen molar-refractivity contribution in [1.29, 1.82) is 0 Å². The summed E-state index contributed by atoms with van der Waals surface area (Å²) in [6, 6.07) is 8.42. The van der Waals surface area contributed by atoms with Crippen molar-refractivity contribution in [2.75, 3.05) is 11.6 Å². The van der Waals surface area contributed by atoms with Crippen molar-refractivity contribution in [3.8, 4) is 0 Å². The third-order valence-electron chi connectivity index (χ3n) is 2.49. The van der Waals surface area contributed by atoms with Crippen LogP contribution in [0.2, 0.25) is 0 Å². The standard InChI is InChI=1S/C13H21NO/c1-5-12(4)15-14(6-2)13-9-7-11(3)8-10-13/h7-10,12H,5-6H2,1-4H3/t12-/m1/s1. The predicted molar refractivity (Wildman–Crippen MR) is 65.0 cm³/mol. The molecule has 0 spiro atoms. The molecule has 1 aromatic carbocycles. The van der Waals surface area contributed by atoms with E-state index in [1.54, 1.807) is 0 Å². The van der Waals surface area contributed by atoms with Crippen LogP contribution in [0, 0.1) is 6.92 Å². The molecule has 0 bridgehead atoms. The van der Waals surface area contributed by atoms with Crippen LogP contribution in [-0.2, 0) is 4.84 Å². The highest BCUT2D eigenvalue weighted by Crippen LogP contribution is 2.16. The van der Waals surface area contributed by atoms with E-state index in [2.05, 4.69) is 52.0 Å². The second-order valence-corrected chi connectivity index (χ2v) is 3.85. The van der Waals surface area contributed by atoms with Crippen molar-refractivity contribution in [3.63, 3.8) is 0 Å². The second-order valence-electron chi connectivity index (χ2n) is 3.85. The smallest absolute Gasteiger partial charge is 0.0826 e. The van der Waals surface area contributed by atoms with E-state index in [1.165, 1.54) is 5.56 Å². The van der Waals surface area contributed by atoms with E-state index in [1.807, 2.05) is 5.06 Å². The number of rotatable bonds is 5. The highest BCUT2D eigenvalue weighted by molar-refractivity contribution is 5.44. The Balaban J connectivity index is 2.69. The SMILES string of the molecule is CC[C@@H](C)ON(CC)c1ccc(C)cc1. The molecule has 0 saturated heterocycles. The first-order chi connectivity index (χ1) is 7.17. The molecule has 84 valence electrons. The summed E-state index contributed by atoms with van der Waals surface area (Å²) in [5.74, 6) is 0. The molecule has 0 fully saturated rings. The summed E-state index contributed by atoms with van der Waals surface area (Å²) in [6.45, 7) is 9.29. The van der Waals surface area contributed by atoms with Gasteiger partial charge in [0.1, 0.15) is 0 Å². The zero-order chi connectivity index (χ0) is 11.3. The zero-order valence-corrected chi connectivity index (χ0v) is 10.2. The van der Waals surface area contributed by atoms with Crippen LogP contribution in [0.4, 0.5) is 5.69 Å². The van der Waals surface area contributed by atoms with Crippen LogP contribution in [-0.4, -0.2) is 12.6 Å².